The van der Waals surface area contributed by atoms with Gasteiger partial charge in [-0.15, -0.1) is 0 Å². The van der Waals surface area contributed by atoms with Gasteiger partial charge in [0.05, 0.1) is 12.4 Å². The third kappa shape index (κ3) is 8.26. The molecule has 2 heterocycles. The fraction of sp³-hybridized carbons (Fsp3) is 0.440. The first-order valence-electron chi connectivity index (χ1n) is 12.4. The largest absolute Gasteiger partial charge is 0.508 e. The van der Waals surface area contributed by atoms with Crippen molar-refractivity contribution in [2.24, 2.45) is 5.73 Å². The highest BCUT2D eigenvalue weighted by atomic mass is 16.4. The van der Waals surface area contributed by atoms with E-state index in [1.54, 1.807) is 12.1 Å². The summed E-state index contributed by atoms with van der Waals surface area (Å²) >= 11 is 0. The second kappa shape index (κ2) is 13.4. The smallest absolute Gasteiger partial charge is 0.326 e. The third-order valence-electron chi connectivity index (χ3n) is 6.42. The van der Waals surface area contributed by atoms with Gasteiger partial charge < -0.3 is 41.6 Å². The van der Waals surface area contributed by atoms with E-state index in [9.17, 15) is 34.2 Å². The summed E-state index contributed by atoms with van der Waals surface area (Å²) in [4.78, 5) is 70.1. The van der Waals surface area contributed by atoms with Crippen molar-refractivity contribution in [1.29, 1.82) is 0 Å². The van der Waals surface area contributed by atoms with Crippen LogP contribution in [0.1, 0.15) is 36.9 Å². The summed E-state index contributed by atoms with van der Waals surface area (Å²) in [5.74, 6) is -4.38. The summed E-state index contributed by atoms with van der Waals surface area (Å²) in [6.45, 7) is 0.175. The van der Waals surface area contributed by atoms with E-state index in [0.29, 0.717) is 17.7 Å². The molecule has 0 bridgehead atoms. The van der Waals surface area contributed by atoms with Crippen molar-refractivity contribution >= 4 is 29.7 Å². The van der Waals surface area contributed by atoms with E-state index in [2.05, 4.69) is 20.6 Å². The average molecular weight is 545 g/mol. The average Bonchev–Trinajstić information content (AvgIpc) is 3.59. The van der Waals surface area contributed by atoms with Crippen LogP contribution in [-0.2, 0) is 36.8 Å². The van der Waals surface area contributed by atoms with E-state index >= 15 is 0 Å². The monoisotopic (exact) mass is 544 g/mol. The number of nitrogens with two attached hydrogens (primary N) is 1. The number of aromatic hydroxyl groups is 1. The minimum absolute atomic E-state index is 0.0437. The number of amides is 3. The topological polar surface area (TPSA) is 228 Å². The lowest BCUT2D eigenvalue weighted by Crippen LogP contribution is -2.57. The summed E-state index contributed by atoms with van der Waals surface area (Å²) in [5.41, 5.74) is 7.19. The number of aromatic nitrogens is 2. The van der Waals surface area contributed by atoms with Gasteiger partial charge in [-0.1, -0.05) is 12.1 Å². The molecule has 4 atom stereocenters. The highest BCUT2D eigenvalue weighted by Gasteiger charge is 2.39. The van der Waals surface area contributed by atoms with E-state index in [0.717, 1.165) is 0 Å². The van der Waals surface area contributed by atoms with Crippen LogP contribution in [0.2, 0.25) is 0 Å². The minimum atomic E-state index is -1.27. The molecule has 1 aliphatic rings. The van der Waals surface area contributed by atoms with E-state index in [4.69, 9.17) is 10.8 Å². The van der Waals surface area contributed by atoms with Gasteiger partial charge in [-0.3, -0.25) is 19.2 Å². The molecular formula is C25H32N6O8. The van der Waals surface area contributed by atoms with E-state index in [-0.39, 0.29) is 38.0 Å². The number of hydrogen-bond acceptors (Lipinski definition) is 8. The van der Waals surface area contributed by atoms with Crippen molar-refractivity contribution in [3.05, 3.63) is 48.0 Å². The molecule has 4 unspecified atom stereocenters. The number of carbonyl (C=O) groups is 5. The number of rotatable bonds is 13. The van der Waals surface area contributed by atoms with Crippen LogP contribution >= 0.6 is 0 Å². The minimum Gasteiger partial charge on any atom is -0.508 e. The molecule has 210 valence electrons. The highest BCUT2D eigenvalue weighted by molar-refractivity contribution is 5.94. The van der Waals surface area contributed by atoms with Crippen LogP contribution in [0.15, 0.2) is 36.8 Å². The zero-order valence-electron chi connectivity index (χ0n) is 21.1. The number of likely N-dealkylation sites (tertiary alicyclic amines) is 1. The molecule has 0 radical (unpaired) electrons. The van der Waals surface area contributed by atoms with Crippen LogP contribution in [-0.4, -0.2) is 90.6 Å². The molecule has 1 saturated heterocycles. The lowest BCUT2D eigenvalue weighted by molar-refractivity contribution is -0.145. The number of imidazole rings is 1. The molecule has 2 aromatic rings. The Morgan fingerprint density at radius 1 is 1.08 bits per heavy atom. The first-order valence-corrected chi connectivity index (χ1v) is 12.4. The Hall–Kier alpha value is -4.46. The number of nitrogens with zero attached hydrogens (tertiary/aromatic N) is 2. The Bertz CT molecular complexity index is 1170. The number of nitrogens with one attached hydrogen (secondary N) is 3. The van der Waals surface area contributed by atoms with Crippen LogP contribution in [0, 0.1) is 0 Å². The maximum Gasteiger partial charge on any atom is 0.326 e. The Morgan fingerprint density at radius 3 is 2.41 bits per heavy atom. The molecule has 0 saturated carbocycles. The van der Waals surface area contributed by atoms with Crippen LogP contribution in [0.25, 0.3) is 0 Å². The quantitative estimate of drug-likeness (QED) is 0.165. The molecule has 39 heavy (non-hydrogen) atoms. The Balaban J connectivity index is 1.68. The number of H-pyrrole nitrogens is 1. The number of carboxylic acids is 2. The van der Waals surface area contributed by atoms with E-state index < -0.39 is 60.2 Å². The number of carbonyl (C=O) groups excluding carboxylic acids is 3. The number of phenols is 1. The molecule has 0 aliphatic carbocycles. The fourth-order valence-electron chi connectivity index (χ4n) is 4.37. The number of hydrogen-bond donors (Lipinski definition) is 7. The lowest BCUT2D eigenvalue weighted by Gasteiger charge is -2.30. The first-order chi connectivity index (χ1) is 18.5. The summed E-state index contributed by atoms with van der Waals surface area (Å²) in [6.07, 6.45) is 2.97. The molecule has 1 aromatic carbocycles. The normalized spacial score (nSPS) is 17.2. The second-order valence-electron chi connectivity index (χ2n) is 9.34. The van der Waals surface area contributed by atoms with Gasteiger partial charge in [-0.2, -0.15) is 0 Å². The number of aliphatic carboxylic acids is 2. The van der Waals surface area contributed by atoms with Crippen LogP contribution in [0.4, 0.5) is 0 Å². The summed E-state index contributed by atoms with van der Waals surface area (Å²) in [6, 6.07) is 1.51. The van der Waals surface area contributed by atoms with Gasteiger partial charge in [0.15, 0.2) is 0 Å². The molecule has 1 aliphatic heterocycles. The maximum absolute atomic E-state index is 13.4. The Morgan fingerprint density at radius 2 is 1.79 bits per heavy atom. The molecule has 0 spiro atoms. The molecule has 8 N–H and O–H groups in total. The summed E-state index contributed by atoms with van der Waals surface area (Å²) in [5, 5.41) is 33.1. The first kappa shape index (κ1) is 29.1. The second-order valence-corrected chi connectivity index (χ2v) is 9.34. The van der Waals surface area contributed by atoms with E-state index in [1.165, 1.54) is 29.6 Å². The van der Waals surface area contributed by atoms with Gasteiger partial charge in [0, 0.05) is 31.3 Å². The van der Waals surface area contributed by atoms with Crippen molar-refractivity contribution in [3.8, 4) is 5.75 Å². The number of aromatic amines is 1. The summed E-state index contributed by atoms with van der Waals surface area (Å²) < 4.78 is 0. The zero-order valence-corrected chi connectivity index (χ0v) is 21.1. The fourth-order valence-corrected chi connectivity index (χ4v) is 4.37. The van der Waals surface area contributed by atoms with Crippen molar-refractivity contribution in [3.63, 3.8) is 0 Å². The number of carboxylic acid groups (broad SMARTS) is 2. The number of benzene rings is 1. The van der Waals surface area contributed by atoms with Gasteiger partial charge in [-0.05, 0) is 43.4 Å². The van der Waals surface area contributed by atoms with Crippen molar-refractivity contribution in [1.82, 2.24) is 25.5 Å². The molecular weight excluding hydrogens is 512 g/mol. The lowest BCUT2D eigenvalue weighted by atomic mass is 10.0. The third-order valence-corrected chi connectivity index (χ3v) is 6.42. The van der Waals surface area contributed by atoms with E-state index in [1.807, 2.05) is 0 Å². The van der Waals surface area contributed by atoms with Gasteiger partial charge >= 0.3 is 11.9 Å². The summed E-state index contributed by atoms with van der Waals surface area (Å²) in [7, 11) is 0. The van der Waals surface area contributed by atoms with Crippen LogP contribution < -0.4 is 16.4 Å². The molecule has 1 fully saturated rings. The van der Waals surface area contributed by atoms with Gasteiger partial charge in [0.2, 0.25) is 17.7 Å². The van der Waals surface area contributed by atoms with Crippen molar-refractivity contribution in [2.75, 3.05) is 6.54 Å². The van der Waals surface area contributed by atoms with Crippen molar-refractivity contribution in [2.45, 2.75) is 62.7 Å². The van der Waals surface area contributed by atoms with Crippen LogP contribution in [0.5, 0.6) is 5.75 Å². The number of phenolic OH excluding ortho intramolecular Hbond substituents is 1. The molecule has 3 amide bonds. The predicted molar refractivity (Wildman–Crippen MR) is 135 cm³/mol. The van der Waals surface area contributed by atoms with Gasteiger partial charge in [0.25, 0.3) is 0 Å². The molecule has 14 nitrogen and oxygen atoms in total. The Labute approximate surface area is 223 Å². The standard InChI is InChI=1S/C25H32N6O8/c26-17(10-14-3-5-16(32)6-4-14)22(35)29-18(7-8-21(33)34)24(37)31-9-1-2-20(31)23(36)30-19(25(38)39)11-15-12-27-13-28-15/h3-6,12-13,17-20,32H,1-2,7-11,26H2,(H,27,28)(H,29,35)(H,30,36)(H,33,34)(H,38,39). The van der Waals surface area contributed by atoms with Gasteiger partial charge in [-0.25, -0.2) is 9.78 Å². The predicted octanol–water partition coefficient (Wildman–Crippen LogP) is -0.862. The maximum atomic E-state index is 13.4. The highest BCUT2D eigenvalue weighted by Crippen LogP contribution is 2.20. The SMILES string of the molecule is NC(Cc1ccc(O)cc1)C(=O)NC(CCC(=O)O)C(=O)N1CCCC1C(=O)NC(Cc1cnc[nH]1)C(=O)O. The van der Waals surface area contributed by atoms with Crippen molar-refractivity contribution < 1.29 is 39.3 Å². The molecule has 3 rings (SSSR count). The van der Waals surface area contributed by atoms with Gasteiger partial charge in [0.1, 0.15) is 23.9 Å². The molecule has 14 heteroatoms. The zero-order chi connectivity index (χ0) is 28.5. The molecule has 1 aromatic heterocycles. The Kier molecular flexibility index (Phi) is 9.98. The van der Waals surface area contributed by atoms with Crippen LogP contribution in [0.3, 0.4) is 0 Å².